The van der Waals surface area contributed by atoms with E-state index in [1.165, 1.54) is 0 Å². The minimum Gasteiger partial charge on any atom is -0.425 e. The smallest absolute Gasteiger partial charge is 0.274 e. The zero-order chi connectivity index (χ0) is 16.7. The molecule has 126 valence electrons. The van der Waals surface area contributed by atoms with Crippen LogP contribution in [0.15, 0.2) is 16.8 Å². The van der Waals surface area contributed by atoms with E-state index in [4.69, 9.17) is 4.42 Å². The van der Waals surface area contributed by atoms with Gasteiger partial charge in [-0.25, -0.2) is 4.98 Å². The van der Waals surface area contributed by atoms with Crippen LogP contribution in [0.4, 0.5) is 0 Å². The molecule has 2 aromatic rings. The lowest BCUT2D eigenvalue weighted by molar-refractivity contribution is 0.0768. The molecule has 0 unspecified atom stereocenters. The Hall–Kier alpha value is -2.31. The molecule has 0 N–H and O–H groups in total. The van der Waals surface area contributed by atoms with Crippen LogP contribution in [0.25, 0.3) is 0 Å². The molecule has 0 bridgehead atoms. The molecule has 7 nitrogen and oxygen atoms in total. The van der Waals surface area contributed by atoms with E-state index in [0.29, 0.717) is 35.6 Å². The molecule has 1 aliphatic heterocycles. The Balaban J connectivity index is 1.64. The first-order valence-corrected chi connectivity index (χ1v) is 8.54. The van der Waals surface area contributed by atoms with Crippen molar-refractivity contribution in [3.05, 3.63) is 35.6 Å². The van der Waals surface area contributed by atoms with Crippen molar-refractivity contribution in [2.24, 2.45) is 5.92 Å². The fraction of sp³-hybridized carbons (Fsp3) is 0.588. The van der Waals surface area contributed by atoms with E-state index >= 15 is 0 Å². The molecule has 3 heterocycles. The molecule has 2 fully saturated rings. The van der Waals surface area contributed by atoms with Crippen LogP contribution in [0, 0.1) is 12.8 Å². The minimum atomic E-state index is -0.188. The molecule has 2 aromatic heterocycles. The van der Waals surface area contributed by atoms with Gasteiger partial charge in [0.2, 0.25) is 11.8 Å². The highest BCUT2D eigenvalue weighted by Gasteiger charge is 2.55. The Labute approximate surface area is 140 Å². The van der Waals surface area contributed by atoms with E-state index in [2.05, 4.69) is 20.2 Å². The zero-order valence-corrected chi connectivity index (χ0v) is 14.0. The van der Waals surface area contributed by atoms with Gasteiger partial charge in [0, 0.05) is 31.9 Å². The summed E-state index contributed by atoms with van der Waals surface area (Å²) in [6.07, 6.45) is 7.13. The van der Waals surface area contributed by atoms with Crippen LogP contribution in [0.2, 0.25) is 0 Å². The molecule has 1 saturated carbocycles. The van der Waals surface area contributed by atoms with Crippen LogP contribution in [0.5, 0.6) is 0 Å². The molecule has 1 amide bonds. The highest BCUT2D eigenvalue weighted by Crippen LogP contribution is 2.50. The number of rotatable bonds is 3. The van der Waals surface area contributed by atoms with Gasteiger partial charge in [0.1, 0.15) is 5.69 Å². The SMILES string of the molecule is CCc1nnc([C@]23CCC[C@H]2CN(C(=O)c2nccnc2C)C3)o1. The molecular weight excluding hydrogens is 306 g/mol. The number of hydrogen-bond acceptors (Lipinski definition) is 6. The third kappa shape index (κ3) is 2.22. The van der Waals surface area contributed by atoms with Crippen LogP contribution in [0.3, 0.4) is 0 Å². The Morgan fingerprint density at radius 1 is 1.38 bits per heavy atom. The van der Waals surface area contributed by atoms with Crippen molar-refractivity contribution in [2.75, 3.05) is 13.1 Å². The predicted octanol–water partition coefficient (Wildman–Crippen LogP) is 1.92. The summed E-state index contributed by atoms with van der Waals surface area (Å²) in [6.45, 7) is 5.16. The van der Waals surface area contributed by atoms with Crippen LogP contribution >= 0.6 is 0 Å². The van der Waals surface area contributed by atoms with Crippen molar-refractivity contribution in [3.8, 4) is 0 Å². The Morgan fingerprint density at radius 2 is 2.21 bits per heavy atom. The van der Waals surface area contributed by atoms with E-state index in [1.807, 2.05) is 18.7 Å². The zero-order valence-electron chi connectivity index (χ0n) is 14.0. The lowest BCUT2D eigenvalue weighted by Gasteiger charge is -2.24. The normalized spacial score (nSPS) is 25.9. The average molecular weight is 327 g/mol. The van der Waals surface area contributed by atoms with Gasteiger partial charge < -0.3 is 9.32 Å². The number of nitrogens with zero attached hydrogens (tertiary/aromatic N) is 5. The standard InChI is InChI=1S/C17H21N5O2/c1-3-13-20-21-16(24-13)17-6-4-5-12(17)9-22(10-17)15(23)14-11(2)18-7-8-19-14/h7-8,12H,3-6,9-10H2,1-2H3/t12-,17-/m0/s1. The van der Waals surface area contributed by atoms with Crippen molar-refractivity contribution in [2.45, 2.75) is 44.9 Å². The first-order chi connectivity index (χ1) is 11.6. The first-order valence-electron chi connectivity index (χ1n) is 8.54. The van der Waals surface area contributed by atoms with Gasteiger partial charge in [-0.15, -0.1) is 10.2 Å². The van der Waals surface area contributed by atoms with Crippen molar-refractivity contribution in [3.63, 3.8) is 0 Å². The summed E-state index contributed by atoms with van der Waals surface area (Å²) in [4.78, 5) is 23.2. The summed E-state index contributed by atoms with van der Waals surface area (Å²) >= 11 is 0. The second-order valence-corrected chi connectivity index (χ2v) is 6.78. The van der Waals surface area contributed by atoms with Crippen LogP contribution < -0.4 is 0 Å². The second kappa shape index (κ2) is 5.65. The van der Waals surface area contributed by atoms with E-state index in [9.17, 15) is 4.79 Å². The van der Waals surface area contributed by atoms with Crippen molar-refractivity contribution >= 4 is 5.91 Å². The van der Waals surface area contributed by atoms with Crippen LogP contribution in [-0.4, -0.2) is 44.1 Å². The number of aromatic nitrogens is 4. The monoisotopic (exact) mass is 327 g/mol. The summed E-state index contributed by atoms with van der Waals surface area (Å²) in [7, 11) is 0. The Morgan fingerprint density at radius 3 is 2.96 bits per heavy atom. The summed E-state index contributed by atoms with van der Waals surface area (Å²) in [5, 5.41) is 8.44. The van der Waals surface area contributed by atoms with E-state index in [-0.39, 0.29) is 11.3 Å². The molecule has 2 aliphatic rings. The van der Waals surface area contributed by atoms with Gasteiger partial charge in [0.15, 0.2) is 0 Å². The van der Waals surface area contributed by atoms with E-state index in [1.54, 1.807) is 12.4 Å². The van der Waals surface area contributed by atoms with Gasteiger partial charge in [0.25, 0.3) is 5.91 Å². The van der Waals surface area contributed by atoms with Crippen molar-refractivity contribution in [1.82, 2.24) is 25.1 Å². The Kier molecular flexibility index (Phi) is 3.58. The molecule has 0 aromatic carbocycles. The molecule has 4 rings (SSSR count). The lowest BCUT2D eigenvalue weighted by atomic mass is 9.80. The topological polar surface area (TPSA) is 85.0 Å². The highest BCUT2D eigenvalue weighted by atomic mass is 16.4. The average Bonchev–Trinajstić information content (AvgIpc) is 3.28. The number of aryl methyl sites for hydroxylation is 2. The number of amides is 1. The minimum absolute atomic E-state index is 0.0513. The number of likely N-dealkylation sites (tertiary alicyclic amines) is 1. The quantitative estimate of drug-likeness (QED) is 0.856. The largest absolute Gasteiger partial charge is 0.425 e. The molecule has 1 aliphatic carbocycles. The number of hydrogen-bond donors (Lipinski definition) is 0. The van der Waals surface area contributed by atoms with Gasteiger partial charge >= 0.3 is 0 Å². The van der Waals surface area contributed by atoms with Gasteiger partial charge in [-0.1, -0.05) is 13.3 Å². The maximum atomic E-state index is 12.9. The first kappa shape index (κ1) is 15.2. The lowest BCUT2D eigenvalue weighted by Crippen LogP contribution is -2.35. The van der Waals surface area contributed by atoms with Gasteiger partial charge in [-0.3, -0.25) is 9.78 Å². The van der Waals surface area contributed by atoms with Crippen molar-refractivity contribution in [1.29, 1.82) is 0 Å². The van der Waals surface area contributed by atoms with E-state index in [0.717, 1.165) is 32.2 Å². The van der Waals surface area contributed by atoms with Gasteiger partial charge in [-0.2, -0.15) is 0 Å². The molecule has 7 heteroatoms. The summed E-state index contributed by atoms with van der Waals surface area (Å²) in [5.41, 5.74) is 0.915. The highest BCUT2D eigenvalue weighted by molar-refractivity contribution is 5.93. The molecule has 1 saturated heterocycles. The summed E-state index contributed by atoms with van der Waals surface area (Å²) in [5.74, 6) is 1.70. The third-order valence-corrected chi connectivity index (χ3v) is 5.44. The van der Waals surface area contributed by atoms with Crippen LogP contribution in [0.1, 0.15) is 54.2 Å². The predicted molar refractivity (Wildman–Crippen MR) is 85.4 cm³/mol. The second-order valence-electron chi connectivity index (χ2n) is 6.78. The maximum Gasteiger partial charge on any atom is 0.274 e. The Bertz CT molecular complexity index is 774. The van der Waals surface area contributed by atoms with Gasteiger partial charge in [0.05, 0.1) is 11.1 Å². The maximum absolute atomic E-state index is 12.9. The fourth-order valence-corrected chi connectivity index (χ4v) is 4.16. The molecule has 0 spiro atoms. The summed E-state index contributed by atoms with van der Waals surface area (Å²) in [6, 6.07) is 0. The molecule has 24 heavy (non-hydrogen) atoms. The molecule has 2 atom stereocenters. The van der Waals surface area contributed by atoms with Gasteiger partial charge in [-0.05, 0) is 25.7 Å². The van der Waals surface area contributed by atoms with Crippen molar-refractivity contribution < 1.29 is 9.21 Å². The summed E-state index contributed by atoms with van der Waals surface area (Å²) < 4.78 is 5.89. The number of carbonyl (C=O) groups is 1. The van der Waals surface area contributed by atoms with Crippen LogP contribution in [-0.2, 0) is 11.8 Å². The number of fused-ring (bicyclic) bond motifs is 1. The number of carbonyl (C=O) groups excluding carboxylic acids is 1. The third-order valence-electron chi connectivity index (χ3n) is 5.44. The molecular formula is C17H21N5O2. The molecule has 0 radical (unpaired) electrons. The fourth-order valence-electron chi connectivity index (χ4n) is 4.16. The van der Waals surface area contributed by atoms with E-state index < -0.39 is 0 Å².